The van der Waals surface area contributed by atoms with Crippen LogP contribution in [0.5, 0.6) is 0 Å². The smallest absolute Gasteiger partial charge is 0.256 e. The van der Waals surface area contributed by atoms with Gasteiger partial charge in [0.15, 0.2) is 0 Å². The van der Waals surface area contributed by atoms with Crippen LogP contribution >= 0.6 is 11.3 Å². The predicted molar refractivity (Wildman–Crippen MR) is 100 cm³/mol. The average molecular weight is 355 g/mol. The zero-order valence-electron chi connectivity index (χ0n) is 14.5. The summed E-state index contributed by atoms with van der Waals surface area (Å²) in [5, 5.41) is 2.06. The Hall–Kier alpha value is -2.28. The van der Waals surface area contributed by atoms with E-state index in [0.29, 0.717) is 5.92 Å². The fourth-order valence-electron chi connectivity index (χ4n) is 3.41. The molecule has 4 rings (SSSR count). The molecule has 0 unspecified atom stereocenters. The van der Waals surface area contributed by atoms with Crippen LogP contribution in [-0.2, 0) is 6.54 Å². The van der Waals surface area contributed by atoms with Gasteiger partial charge in [0.05, 0.1) is 16.5 Å². The summed E-state index contributed by atoms with van der Waals surface area (Å²) in [6, 6.07) is 2.04. The molecule has 25 heavy (non-hydrogen) atoms. The number of aromatic nitrogens is 4. The van der Waals surface area contributed by atoms with Crippen molar-refractivity contribution < 1.29 is 0 Å². The highest BCUT2D eigenvalue weighted by Crippen LogP contribution is 2.30. The van der Waals surface area contributed by atoms with Gasteiger partial charge < -0.3 is 4.90 Å². The first-order valence-corrected chi connectivity index (χ1v) is 9.47. The molecule has 1 saturated heterocycles. The van der Waals surface area contributed by atoms with Crippen molar-refractivity contribution in [1.29, 1.82) is 0 Å². The first kappa shape index (κ1) is 16.2. The second kappa shape index (κ2) is 6.55. The van der Waals surface area contributed by atoms with Crippen molar-refractivity contribution in [3.63, 3.8) is 0 Å². The number of hydrogen-bond donors (Lipinski definition) is 0. The molecule has 0 aromatic carbocycles. The Morgan fingerprint density at radius 2 is 2.00 bits per heavy atom. The van der Waals surface area contributed by atoms with E-state index in [1.54, 1.807) is 28.6 Å². The predicted octanol–water partition coefficient (Wildman–Crippen LogP) is 2.78. The van der Waals surface area contributed by atoms with Crippen molar-refractivity contribution in [2.75, 3.05) is 18.0 Å². The van der Waals surface area contributed by atoms with Crippen LogP contribution in [0.4, 0.5) is 5.82 Å². The molecule has 1 aliphatic rings. The van der Waals surface area contributed by atoms with Gasteiger partial charge in [-0.1, -0.05) is 0 Å². The summed E-state index contributed by atoms with van der Waals surface area (Å²) >= 11 is 1.70. The SMILES string of the molecule is Cc1ncn(CC2CCN(c3ncnc4ccsc34)CC2)c(=O)c1C. The fourth-order valence-corrected chi connectivity index (χ4v) is 4.27. The lowest BCUT2D eigenvalue weighted by Gasteiger charge is -2.33. The van der Waals surface area contributed by atoms with E-state index >= 15 is 0 Å². The minimum Gasteiger partial charge on any atom is -0.355 e. The molecule has 0 amide bonds. The molecule has 130 valence electrons. The normalized spacial score (nSPS) is 15.8. The van der Waals surface area contributed by atoms with Crippen LogP contribution in [0.1, 0.15) is 24.1 Å². The van der Waals surface area contributed by atoms with Crippen LogP contribution in [0, 0.1) is 19.8 Å². The third kappa shape index (κ3) is 3.04. The largest absolute Gasteiger partial charge is 0.355 e. The van der Waals surface area contributed by atoms with Gasteiger partial charge in [0, 0.05) is 30.9 Å². The molecular weight excluding hydrogens is 334 g/mol. The second-order valence-electron chi connectivity index (χ2n) is 6.68. The molecule has 1 fully saturated rings. The van der Waals surface area contributed by atoms with Crippen molar-refractivity contribution in [3.8, 4) is 0 Å². The van der Waals surface area contributed by atoms with E-state index in [9.17, 15) is 4.79 Å². The van der Waals surface area contributed by atoms with Crippen molar-refractivity contribution in [1.82, 2.24) is 19.5 Å². The van der Waals surface area contributed by atoms with E-state index in [2.05, 4.69) is 25.2 Å². The number of nitrogens with zero attached hydrogens (tertiary/aromatic N) is 5. The molecule has 0 saturated carbocycles. The summed E-state index contributed by atoms with van der Waals surface area (Å²) in [7, 11) is 0. The summed E-state index contributed by atoms with van der Waals surface area (Å²) < 4.78 is 2.93. The summed E-state index contributed by atoms with van der Waals surface area (Å²) in [5.74, 6) is 1.54. The highest BCUT2D eigenvalue weighted by molar-refractivity contribution is 7.17. The van der Waals surface area contributed by atoms with Crippen LogP contribution in [0.25, 0.3) is 10.2 Å². The van der Waals surface area contributed by atoms with E-state index in [1.807, 2.05) is 19.9 Å². The number of anilines is 1. The van der Waals surface area contributed by atoms with Gasteiger partial charge in [0.1, 0.15) is 12.1 Å². The lowest BCUT2D eigenvalue weighted by molar-refractivity contribution is 0.350. The number of fused-ring (bicyclic) bond motifs is 1. The van der Waals surface area contributed by atoms with Crippen molar-refractivity contribution in [2.24, 2.45) is 5.92 Å². The highest BCUT2D eigenvalue weighted by Gasteiger charge is 2.23. The molecular formula is C18H21N5OS. The maximum absolute atomic E-state index is 12.4. The van der Waals surface area contributed by atoms with Gasteiger partial charge in [-0.3, -0.25) is 9.36 Å². The molecule has 3 aromatic heterocycles. The highest BCUT2D eigenvalue weighted by atomic mass is 32.1. The maximum Gasteiger partial charge on any atom is 0.256 e. The van der Waals surface area contributed by atoms with Gasteiger partial charge in [0.25, 0.3) is 5.56 Å². The van der Waals surface area contributed by atoms with Crippen molar-refractivity contribution >= 4 is 27.4 Å². The number of aryl methyl sites for hydroxylation is 1. The van der Waals surface area contributed by atoms with Crippen LogP contribution in [-0.4, -0.2) is 32.6 Å². The number of thiophene rings is 1. The van der Waals surface area contributed by atoms with Crippen LogP contribution < -0.4 is 10.5 Å². The Morgan fingerprint density at radius 1 is 1.20 bits per heavy atom. The lowest BCUT2D eigenvalue weighted by atomic mass is 9.96. The number of rotatable bonds is 3. The van der Waals surface area contributed by atoms with E-state index < -0.39 is 0 Å². The van der Waals surface area contributed by atoms with E-state index in [4.69, 9.17) is 0 Å². The first-order chi connectivity index (χ1) is 12.1. The minimum atomic E-state index is 0.0889. The third-order valence-electron chi connectivity index (χ3n) is 5.11. The maximum atomic E-state index is 12.4. The molecule has 0 spiro atoms. The van der Waals surface area contributed by atoms with E-state index in [1.165, 1.54) is 0 Å². The Balaban J connectivity index is 1.46. The zero-order chi connectivity index (χ0) is 17.4. The molecule has 0 atom stereocenters. The molecule has 0 aliphatic carbocycles. The van der Waals surface area contributed by atoms with Gasteiger partial charge in [-0.25, -0.2) is 15.0 Å². The standard InChI is InChI=1S/C18H21N5OS/c1-12-13(2)21-11-23(18(12)24)9-14-3-6-22(7-4-14)17-16-15(5-8-25-16)19-10-20-17/h5,8,10-11,14H,3-4,6-7,9H2,1-2H3. The molecule has 0 bridgehead atoms. The van der Waals surface area contributed by atoms with Gasteiger partial charge in [-0.05, 0) is 44.1 Å². The quantitative estimate of drug-likeness (QED) is 0.723. The Morgan fingerprint density at radius 3 is 2.80 bits per heavy atom. The minimum absolute atomic E-state index is 0.0889. The molecule has 3 aromatic rings. The molecule has 1 aliphatic heterocycles. The van der Waals surface area contributed by atoms with E-state index in [-0.39, 0.29) is 5.56 Å². The molecule has 0 radical (unpaired) electrons. The fraction of sp³-hybridized carbons (Fsp3) is 0.444. The summed E-state index contributed by atoms with van der Waals surface area (Å²) in [4.78, 5) is 27.9. The Bertz CT molecular complexity index is 955. The Labute approximate surface area is 150 Å². The zero-order valence-corrected chi connectivity index (χ0v) is 15.3. The van der Waals surface area contributed by atoms with Crippen molar-refractivity contribution in [2.45, 2.75) is 33.2 Å². The molecule has 4 heterocycles. The molecule has 6 nitrogen and oxygen atoms in total. The van der Waals surface area contributed by atoms with Gasteiger partial charge in [-0.15, -0.1) is 11.3 Å². The average Bonchev–Trinajstić information content (AvgIpc) is 3.12. The van der Waals surface area contributed by atoms with Crippen molar-refractivity contribution in [3.05, 3.63) is 45.7 Å². The van der Waals surface area contributed by atoms with E-state index in [0.717, 1.165) is 59.8 Å². The summed E-state index contributed by atoms with van der Waals surface area (Å²) in [6.45, 7) is 6.40. The lowest BCUT2D eigenvalue weighted by Crippen LogP contribution is -2.37. The van der Waals surface area contributed by atoms with Gasteiger partial charge in [-0.2, -0.15) is 0 Å². The topological polar surface area (TPSA) is 63.9 Å². The number of piperidine rings is 1. The Kier molecular flexibility index (Phi) is 4.25. The third-order valence-corrected chi connectivity index (χ3v) is 6.01. The summed E-state index contributed by atoms with van der Waals surface area (Å²) in [5.41, 5.74) is 2.68. The molecule has 0 N–H and O–H groups in total. The summed E-state index contributed by atoms with van der Waals surface area (Å²) in [6.07, 6.45) is 5.44. The van der Waals surface area contributed by atoms with Crippen LogP contribution in [0.2, 0.25) is 0 Å². The van der Waals surface area contributed by atoms with Crippen LogP contribution in [0.3, 0.4) is 0 Å². The molecule has 7 heteroatoms. The number of hydrogen-bond acceptors (Lipinski definition) is 6. The monoisotopic (exact) mass is 355 g/mol. The van der Waals surface area contributed by atoms with Crippen LogP contribution in [0.15, 0.2) is 28.9 Å². The van der Waals surface area contributed by atoms with Gasteiger partial charge >= 0.3 is 0 Å². The second-order valence-corrected chi connectivity index (χ2v) is 7.59. The first-order valence-electron chi connectivity index (χ1n) is 8.59. The van der Waals surface area contributed by atoms with Gasteiger partial charge in [0.2, 0.25) is 0 Å².